The van der Waals surface area contributed by atoms with Gasteiger partial charge < -0.3 is 5.11 Å². The maximum absolute atomic E-state index is 11.9. The molecule has 3 rings (SSSR count). The fourth-order valence-corrected chi connectivity index (χ4v) is 2.54. The number of rotatable bonds is 3. The molecule has 2 heterocycles. The maximum atomic E-state index is 11.9. The summed E-state index contributed by atoms with van der Waals surface area (Å²) in [5, 5.41) is 16.5. The zero-order chi connectivity index (χ0) is 15.0. The first-order chi connectivity index (χ1) is 10.0. The minimum Gasteiger partial charge on any atom is -0.481 e. The van der Waals surface area contributed by atoms with Gasteiger partial charge in [0.05, 0.1) is 11.6 Å². The Morgan fingerprint density at radius 2 is 2.24 bits per heavy atom. The molecule has 21 heavy (non-hydrogen) atoms. The highest BCUT2D eigenvalue weighted by molar-refractivity contribution is 6.30. The molecule has 1 aromatic carbocycles. The van der Waals surface area contributed by atoms with E-state index in [4.69, 9.17) is 16.7 Å². The van der Waals surface area contributed by atoms with Crippen LogP contribution in [0.3, 0.4) is 0 Å². The second-order valence-corrected chi connectivity index (χ2v) is 5.33. The average molecular weight is 306 g/mol. The van der Waals surface area contributed by atoms with Crippen LogP contribution in [0.1, 0.15) is 6.42 Å². The Morgan fingerprint density at radius 3 is 2.90 bits per heavy atom. The van der Waals surface area contributed by atoms with E-state index >= 15 is 0 Å². The fourth-order valence-electron chi connectivity index (χ4n) is 2.35. The van der Waals surface area contributed by atoms with Crippen LogP contribution >= 0.6 is 11.6 Å². The largest absolute Gasteiger partial charge is 0.481 e. The van der Waals surface area contributed by atoms with Crippen molar-refractivity contribution in [1.29, 1.82) is 0 Å². The van der Waals surface area contributed by atoms with Crippen molar-refractivity contribution in [2.75, 3.05) is 11.4 Å². The van der Waals surface area contributed by atoms with Crippen molar-refractivity contribution in [3.63, 3.8) is 0 Å². The molecule has 1 saturated heterocycles. The number of aromatic nitrogens is 2. The second kappa shape index (κ2) is 5.21. The Hall–Kier alpha value is -2.34. The summed E-state index contributed by atoms with van der Waals surface area (Å²) in [5.41, 5.74) is 1.57. The van der Waals surface area contributed by atoms with Crippen LogP contribution < -0.4 is 4.90 Å². The van der Waals surface area contributed by atoms with E-state index in [1.807, 2.05) is 12.1 Å². The zero-order valence-electron chi connectivity index (χ0n) is 10.9. The summed E-state index contributed by atoms with van der Waals surface area (Å²) in [6.07, 6.45) is 0.00862. The molecule has 6 nitrogen and oxygen atoms in total. The van der Waals surface area contributed by atoms with Crippen molar-refractivity contribution in [2.45, 2.75) is 6.42 Å². The first-order valence-electron chi connectivity index (χ1n) is 6.39. The second-order valence-electron chi connectivity index (χ2n) is 4.89. The van der Waals surface area contributed by atoms with Crippen molar-refractivity contribution in [3.8, 4) is 11.3 Å². The van der Waals surface area contributed by atoms with E-state index in [9.17, 15) is 9.59 Å². The van der Waals surface area contributed by atoms with E-state index in [0.717, 1.165) is 11.3 Å². The van der Waals surface area contributed by atoms with Crippen molar-refractivity contribution in [1.82, 2.24) is 10.2 Å². The molecule has 1 aliphatic heterocycles. The topological polar surface area (TPSA) is 86.3 Å². The number of nitrogens with one attached hydrogen (secondary N) is 1. The number of carbonyl (C=O) groups is 2. The molecule has 1 unspecified atom stereocenters. The molecule has 2 N–H and O–H groups in total. The molecule has 0 bridgehead atoms. The third-order valence-corrected chi connectivity index (χ3v) is 3.69. The van der Waals surface area contributed by atoms with Gasteiger partial charge >= 0.3 is 5.97 Å². The number of anilines is 1. The predicted octanol–water partition coefficient (Wildman–Crippen LogP) is 2.17. The quantitative estimate of drug-likeness (QED) is 0.910. The molecule has 0 radical (unpaired) electrons. The van der Waals surface area contributed by atoms with Crippen LogP contribution in [0, 0.1) is 5.92 Å². The lowest BCUT2D eigenvalue weighted by Crippen LogP contribution is -2.26. The highest BCUT2D eigenvalue weighted by Crippen LogP contribution is 2.28. The smallest absolute Gasteiger partial charge is 0.308 e. The number of amides is 1. The van der Waals surface area contributed by atoms with Gasteiger partial charge in [-0.1, -0.05) is 23.7 Å². The number of carbonyl (C=O) groups excluding carboxylic acids is 1. The summed E-state index contributed by atoms with van der Waals surface area (Å²) in [7, 11) is 0. The summed E-state index contributed by atoms with van der Waals surface area (Å²) < 4.78 is 0. The van der Waals surface area contributed by atoms with Gasteiger partial charge in [-0.2, -0.15) is 5.10 Å². The van der Waals surface area contributed by atoms with E-state index in [0.29, 0.717) is 10.8 Å². The van der Waals surface area contributed by atoms with Crippen LogP contribution in [0.4, 0.5) is 5.82 Å². The Morgan fingerprint density at radius 1 is 1.43 bits per heavy atom. The Bertz CT molecular complexity index is 713. The molecule has 7 heteroatoms. The van der Waals surface area contributed by atoms with E-state index in [1.54, 1.807) is 18.2 Å². The van der Waals surface area contributed by atoms with Gasteiger partial charge in [0.1, 0.15) is 0 Å². The predicted molar refractivity (Wildman–Crippen MR) is 77.1 cm³/mol. The van der Waals surface area contributed by atoms with E-state index in [-0.39, 0.29) is 18.9 Å². The summed E-state index contributed by atoms with van der Waals surface area (Å²) in [5.74, 6) is -1.44. The van der Waals surface area contributed by atoms with Gasteiger partial charge in [-0.05, 0) is 12.1 Å². The molecule has 1 amide bonds. The SMILES string of the molecule is O=C(O)C1CC(=O)N(c2cc(-c3cccc(Cl)c3)[nH]n2)C1. The van der Waals surface area contributed by atoms with Crippen molar-refractivity contribution >= 4 is 29.3 Å². The van der Waals surface area contributed by atoms with E-state index in [1.165, 1.54) is 4.90 Å². The number of carboxylic acid groups (broad SMARTS) is 1. The van der Waals surface area contributed by atoms with Gasteiger partial charge in [0, 0.05) is 29.6 Å². The molecule has 1 aliphatic rings. The molecular formula is C14H12ClN3O3. The van der Waals surface area contributed by atoms with Gasteiger partial charge in [0.2, 0.25) is 5.91 Å². The number of carboxylic acids is 1. The van der Waals surface area contributed by atoms with Crippen LogP contribution in [0.2, 0.25) is 5.02 Å². The maximum Gasteiger partial charge on any atom is 0.308 e. The van der Waals surface area contributed by atoms with Crippen molar-refractivity contribution < 1.29 is 14.7 Å². The molecule has 0 spiro atoms. The lowest BCUT2D eigenvalue weighted by molar-refractivity contribution is -0.141. The van der Waals surface area contributed by atoms with Crippen LogP contribution in [-0.2, 0) is 9.59 Å². The first kappa shape index (κ1) is 13.6. The van der Waals surface area contributed by atoms with Gasteiger partial charge in [0.15, 0.2) is 5.82 Å². The molecule has 0 saturated carbocycles. The van der Waals surface area contributed by atoms with Gasteiger partial charge in [-0.3, -0.25) is 19.6 Å². The highest BCUT2D eigenvalue weighted by Gasteiger charge is 2.36. The molecule has 0 aliphatic carbocycles. The lowest BCUT2D eigenvalue weighted by atomic mass is 10.1. The number of aromatic amines is 1. The number of aliphatic carboxylic acids is 1. The van der Waals surface area contributed by atoms with Gasteiger partial charge in [0.25, 0.3) is 0 Å². The summed E-state index contributed by atoms with van der Waals surface area (Å²) in [4.78, 5) is 24.2. The normalized spacial score (nSPS) is 18.2. The minimum absolute atomic E-state index is 0.00862. The molecule has 108 valence electrons. The Balaban J connectivity index is 1.86. The number of H-pyrrole nitrogens is 1. The van der Waals surface area contributed by atoms with E-state index < -0.39 is 11.9 Å². The number of nitrogens with zero attached hydrogens (tertiary/aromatic N) is 2. The van der Waals surface area contributed by atoms with Crippen LogP contribution in [0.15, 0.2) is 30.3 Å². The van der Waals surface area contributed by atoms with Crippen molar-refractivity contribution in [3.05, 3.63) is 35.4 Å². The number of halogens is 1. The van der Waals surface area contributed by atoms with Crippen LogP contribution in [0.5, 0.6) is 0 Å². The summed E-state index contributed by atoms with van der Waals surface area (Å²) in [6, 6.07) is 8.96. The number of benzene rings is 1. The minimum atomic E-state index is -0.962. The van der Waals surface area contributed by atoms with Gasteiger partial charge in [-0.25, -0.2) is 0 Å². The summed E-state index contributed by atoms with van der Waals surface area (Å²) >= 11 is 5.94. The molecule has 2 aromatic rings. The Kier molecular flexibility index (Phi) is 3.39. The van der Waals surface area contributed by atoms with E-state index in [2.05, 4.69) is 10.2 Å². The number of hydrogen-bond acceptors (Lipinski definition) is 3. The molecule has 1 fully saturated rings. The van der Waals surface area contributed by atoms with Gasteiger partial charge in [-0.15, -0.1) is 0 Å². The number of hydrogen-bond donors (Lipinski definition) is 2. The third-order valence-electron chi connectivity index (χ3n) is 3.45. The first-order valence-corrected chi connectivity index (χ1v) is 6.77. The zero-order valence-corrected chi connectivity index (χ0v) is 11.7. The molecule has 1 aromatic heterocycles. The lowest BCUT2D eigenvalue weighted by Gasteiger charge is -2.11. The third kappa shape index (κ3) is 2.62. The standard InChI is InChI=1S/C14H12ClN3O3/c15-10-3-1-2-8(4-10)11-6-12(17-16-11)18-7-9(14(20)21)5-13(18)19/h1-4,6,9H,5,7H2,(H,16,17)(H,20,21). The monoisotopic (exact) mass is 305 g/mol. The van der Waals surface area contributed by atoms with Crippen molar-refractivity contribution in [2.24, 2.45) is 5.92 Å². The van der Waals surface area contributed by atoms with Crippen LogP contribution in [-0.4, -0.2) is 33.7 Å². The summed E-state index contributed by atoms with van der Waals surface area (Å²) in [6.45, 7) is 0.147. The molecular weight excluding hydrogens is 294 g/mol. The average Bonchev–Trinajstić information content (AvgIpc) is 3.05. The Labute approximate surface area is 125 Å². The fraction of sp³-hybridized carbons (Fsp3) is 0.214. The van der Waals surface area contributed by atoms with Crippen LogP contribution in [0.25, 0.3) is 11.3 Å². The highest BCUT2D eigenvalue weighted by atomic mass is 35.5. The molecule has 1 atom stereocenters.